The van der Waals surface area contributed by atoms with Gasteiger partial charge in [-0.2, -0.15) is 0 Å². The lowest BCUT2D eigenvalue weighted by Gasteiger charge is -2.26. The third kappa shape index (κ3) is 3.60. The number of benzene rings is 1. The minimum Gasteiger partial charge on any atom is -0.392 e. The molecule has 1 aromatic rings. The van der Waals surface area contributed by atoms with E-state index in [1.54, 1.807) is 6.08 Å². The van der Waals surface area contributed by atoms with Crippen LogP contribution in [0.15, 0.2) is 30.3 Å². The van der Waals surface area contributed by atoms with E-state index >= 15 is 0 Å². The minimum atomic E-state index is -0.150. The van der Waals surface area contributed by atoms with Crippen molar-refractivity contribution in [1.82, 2.24) is 5.32 Å². The molecule has 0 aliphatic heterocycles. The molecule has 1 aromatic carbocycles. The number of hydrogen-bond acceptors (Lipinski definition) is 2. The van der Waals surface area contributed by atoms with Gasteiger partial charge in [-0.15, -0.1) is 0 Å². The number of aliphatic hydroxyl groups is 1. The minimum absolute atomic E-state index is 0.0137. The molecule has 2 rings (SSSR count). The Morgan fingerprint density at radius 3 is 2.94 bits per heavy atom. The van der Waals surface area contributed by atoms with Crippen molar-refractivity contribution < 1.29 is 9.90 Å². The topological polar surface area (TPSA) is 61.4 Å². The van der Waals surface area contributed by atoms with Crippen LogP contribution in [-0.4, -0.2) is 23.8 Å². The second-order valence-electron chi connectivity index (χ2n) is 4.44. The summed E-state index contributed by atoms with van der Waals surface area (Å²) in [5.41, 5.74) is 1.71. The van der Waals surface area contributed by atoms with Crippen molar-refractivity contribution in [3.63, 3.8) is 0 Å². The predicted octanol–water partition coefficient (Wildman–Crippen LogP) is 2.37. The number of amides is 2. The first-order chi connectivity index (χ1) is 8.78. The number of anilines is 1. The normalized spacial score (nSPS) is 15.4. The van der Waals surface area contributed by atoms with Crippen LogP contribution in [0.3, 0.4) is 0 Å². The molecule has 3 N–H and O–H groups in total. The van der Waals surface area contributed by atoms with E-state index in [1.165, 1.54) is 6.42 Å². The van der Waals surface area contributed by atoms with Gasteiger partial charge in [-0.1, -0.05) is 24.3 Å². The van der Waals surface area contributed by atoms with Crippen LogP contribution in [0.1, 0.15) is 24.8 Å². The lowest BCUT2D eigenvalue weighted by atomic mass is 9.93. The molecule has 0 unspecified atom stereocenters. The third-order valence-electron chi connectivity index (χ3n) is 3.00. The third-order valence-corrected chi connectivity index (χ3v) is 3.00. The molecular formula is C14H18N2O2. The average Bonchev–Trinajstić information content (AvgIpc) is 2.32. The molecule has 0 saturated heterocycles. The van der Waals surface area contributed by atoms with Crippen molar-refractivity contribution in [3.8, 4) is 0 Å². The van der Waals surface area contributed by atoms with E-state index in [0.29, 0.717) is 6.04 Å². The fourth-order valence-corrected chi connectivity index (χ4v) is 1.81. The Hall–Kier alpha value is -1.81. The lowest BCUT2D eigenvalue weighted by molar-refractivity contribution is 0.240. The molecule has 4 heteroatoms. The van der Waals surface area contributed by atoms with Crippen molar-refractivity contribution >= 4 is 17.8 Å². The van der Waals surface area contributed by atoms with Gasteiger partial charge in [0.2, 0.25) is 0 Å². The predicted molar refractivity (Wildman–Crippen MR) is 72.4 cm³/mol. The zero-order valence-corrected chi connectivity index (χ0v) is 10.2. The van der Waals surface area contributed by atoms with Crippen LogP contribution in [0, 0.1) is 0 Å². The number of rotatable bonds is 4. The molecule has 1 saturated carbocycles. The van der Waals surface area contributed by atoms with Gasteiger partial charge in [0, 0.05) is 11.7 Å². The van der Waals surface area contributed by atoms with Crippen molar-refractivity contribution in [3.05, 3.63) is 35.9 Å². The summed E-state index contributed by atoms with van der Waals surface area (Å²) in [6, 6.07) is 7.69. The maximum absolute atomic E-state index is 11.7. The average molecular weight is 246 g/mol. The number of carbonyl (C=O) groups is 1. The summed E-state index contributed by atoms with van der Waals surface area (Å²) in [5.74, 6) is 0. The highest BCUT2D eigenvalue weighted by Gasteiger charge is 2.19. The van der Waals surface area contributed by atoms with Crippen LogP contribution in [0.5, 0.6) is 0 Å². The first-order valence-electron chi connectivity index (χ1n) is 6.23. The first kappa shape index (κ1) is 12.6. The highest BCUT2D eigenvalue weighted by atomic mass is 16.2. The molecule has 1 fully saturated rings. The molecule has 0 atom stereocenters. The van der Waals surface area contributed by atoms with Crippen molar-refractivity contribution in [2.45, 2.75) is 25.3 Å². The molecule has 1 aliphatic rings. The Morgan fingerprint density at radius 1 is 1.44 bits per heavy atom. The zero-order valence-electron chi connectivity index (χ0n) is 10.2. The van der Waals surface area contributed by atoms with Crippen LogP contribution in [0.2, 0.25) is 0 Å². The van der Waals surface area contributed by atoms with E-state index in [2.05, 4.69) is 10.6 Å². The van der Waals surface area contributed by atoms with Crippen LogP contribution < -0.4 is 10.6 Å². The maximum atomic E-state index is 11.7. The Balaban J connectivity index is 1.91. The molecule has 96 valence electrons. The van der Waals surface area contributed by atoms with Crippen LogP contribution in [-0.2, 0) is 0 Å². The summed E-state index contributed by atoms with van der Waals surface area (Å²) >= 11 is 0. The molecule has 2 amide bonds. The van der Waals surface area contributed by atoms with Crippen LogP contribution >= 0.6 is 0 Å². The molecule has 0 radical (unpaired) electrons. The monoisotopic (exact) mass is 246 g/mol. The van der Waals surface area contributed by atoms with Crippen molar-refractivity contribution in [1.29, 1.82) is 0 Å². The molecule has 4 nitrogen and oxygen atoms in total. The van der Waals surface area contributed by atoms with Gasteiger partial charge in [-0.3, -0.25) is 0 Å². The second-order valence-corrected chi connectivity index (χ2v) is 4.44. The smallest absolute Gasteiger partial charge is 0.319 e. The highest BCUT2D eigenvalue weighted by molar-refractivity contribution is 5.89. The van der Waals surface area contributed by atoms with E-state index in [1.807, 2.05) is 30.3 Å². The summed E-state index contributed by atoms with van der Waals surface area (Å²) < 4.78 is 0. The summed E-state index contributed by atoms with van der Waals surface area (Å²) in [5, 5.41) is 14.4. The van der Waals surface area contributed by atoms with Crippen LogP contribution in [0.25, 0.3) is 6.08 Å². The SMILES string of the molecule is O=C(Nc1cccc(C=CCO)c1)NC1CCC1. The van der Waals surface area contributed by atoms with Gasteiger partial charge < -0.3 is 15.7 Å². The molecule has 0 bridgehead atoms. The van der Waals surface area contributed by atoms with Gasteiger partial charge in [-0.05, 0) is 37.0 Å². The highest BCUT2D eigenvalue weighted by Crippen LogP contribution is 2.18. The van der Waals surface area contributed by atoms with Gasteiger partial charge in [-0.25, -0.2) is 4.79 Å². The van der Waals surface area contributed by atoms with Gasteiger partial charge in [0.05, 0.1) is 6.61 Å². The van der Waals surface area contributed by atoms with E-state index in [0.717, 1.165) is 24.1 Å². The van der Waals surface area contributed by atoms with E-state index in [-0.39, 0.29) is 12.6 Å². The summed E-state index contributed by atoms with van der Waals surface area (Å²) in [7, 11) is 0. The zero-order chi connectivity index (χ0) is 12.8. The summed E-state index contributed by atoms with van der Waals surface area (Å²) in [6.45, 7) is 0.0137. The standard InChI is InChI=1S/C14H18N2O2/c17-9-3-5-11-4-1-8-13(10-11)16-14(18)15-12-6-2-7-12/h1,3-5,8,10,12,17H,2,6-7,9H2,(H2,15,16,18). The number of carbonyl (C=O) groups excluding carboxylic acids is 1. The Bertz CT molecular complexity index is 439. The van der Waals surface area contributed by atoms with Crippen LogP contribution in [0.4, 0.5) is 10.5 Å². The fraction of sp³-hybridized carbons (Fsp3) is 0.357. The molecule has 0 heterocycles. The number of aliphatic hydroxyl groups excluding tert-OH is 1. The lowest BCUT2D eigenvalue weighted by Crippen LogP contribution is -2.41. The molecule has 0 spiro atoms. The maximum Gasteiger partial charge on any atom is 0.319 e. The quantitative estimate of drug-likeness (QED) is 0.763. The van der Waals surface area contributed by atoms with Crippen molar-refractivity contribution in [2.75, 3.05) is 11.9 Å². The molecular weight excluding hydrogens is 228 g/mol. The number of hydrogen-bond donors (Lipinski definition) is 3. The van der Waals surface area contributed by atoms with Gasteiger partial charge in [0.1, 0.15) is 0 Å². The molecule has 18 heavy (non-hydrogen) atoms. The first-order valence-corrected chi connectivity index (χ1v) is 6.23. The molecule has 1 aliphatic carbocycles. The van der Waals surface area contributed by atoms with E-state index in [4.69, 9.17) is 5.11 Å². The summed E-state index contributed by atoms with van der Waals surface area (Å²) in [4.78, 5) is 11.7. The molecule has 0 aromatic heterocycles. The van der Waals surface area contributed by atoms with E-state index < -0.39 is 0 Å². The van der Waals surface area contributed by atoms with Gasteiger partial charge in [0.15, 0.2) is 0 Å². The Morgan fingerprint density at radius 2 is 2.28 bits per heavy atom. The fourth-order valence-electron chi connectivity index (χ4n) is 1.81. The number of urea groups is 1. The summed E-state index contributed by atoms with van der Waals surface area (Å²) in [6.07, 6.45) is 6.83. The second kappa shape index (κ2) is 6.21. The number of nitrogens with one attached hydrogen (secondary N) is 2. The van der Waals surface area contributed by atoms with E-state index in [9.17, 15) is 4.79 Å². The van der Waals surface area contributed by atoms with Gasteiger partial charge >= 0.3 is 6.03 Å². The van der Waals surface area contributed by atoms with Crippen molar-refractivity contribution in [2.24, 2.45) is 0 Å². The van der Waals surface area contributed by atoms with Gasteiger partial charge in [0.25, 0.3) is 0 Å². The largest absolute Gasteiger partial charge is 0.392 e. The Kier molecular flexibility index (Phi) is 4.36. The Labute approximate surface area is 107 Å².